The third-order valence-electron chi connectivity index (χ3n) is 4.50. The fourth-order valence-electron chi connectivity index (χ4n) is 3.35. The molecule has 2 nitrogen and oxygen atoms in total. The Hall–Kier alpha value is -0.791. The van der Waals surface area contributed by atoms with Crippen LogP contribution < -0.4 is 4.46 Å². The van der Waals surface area contributed by atoms with E-state index in [0.717, 1.165) is 12.8 Å². The maximum atomic E-state index is 12.4. The summed E-state index contributed by atoms with van der Waals surface area (Å²) >= 11 is 0.158. The van der Waals surface area contributed by atoms with Crippen molar-refractivity contribution in [3.05, 3.63) is 30.3 Å². The Balaban J connectivity index is 1.84. The molecule has 0 spiro atoms. The summed E-state index contributed by atoms with van der Waals surface area (Å²) in [5.41, 5.74) is 0. The molecule has 1 saturated heterocycles. The van der Waals surface area contributed by atoms with Gasteiger partial charge in [-0.1, -0.05) is 0 Å². The predicted octanol–water partition coefficient (Wildman–Crippen LogP) is 2.56. The molecule has 0 bridgehead atoms. The molecule has 0 unspecified atom stereocenters. The quantitative estimate of drug-likeness (QED) is 0.618. The summed E-state index contributed by atoms with van der Waals surface area (Å²) in [6.07, 6.45) is 3.60. The van der Waals surface area contributed by atoms with E-state index in [4.69, 9.17) is 4.74 Å². The van der Waals surface area contributed by atoms with Gasteiger partial charge in [-0.2, -0.15) is 0 Å². The number of esters is 1. The second kappa shape index (κ2) is 4.95. The molecule has 1 aliphatic heterocycles. The van der Waals surface area contributed by atoms with E-state index in [9.17, 15) is 4.79 Å². The maximum absolute atomic E-state index is 12.4. The molecule has 1 heterocycles. The van der Waals surface area contributed by atoms with Gasteiger partial charge in [0.05, 0.1) is 0 Å². The summed E-state index contributed by atoms with van der Waals surface area (Å²) in [4.78, 5) is 12.4. The van der Waals surface area contributed by atoms with Crippen LogP contribution >= 0.6 is 0 Å². The van der Waals surface area contributed by atoms with Gasteiger partial charge in [-0.25, -0.2) is 0 Å². The van der Waals surface area contributed by atoms with Gasteiger partial charge >= 0.3 is 121 Å². The van der Waals surface area contributed by atoms with E-state index >= 15 is 0 Å². The summed E-state index contributed by atoms with van der Waals surface area (Å²) in [6, 6.07) is 10.4. The number of carbonyl (C=O) groups excluding carboxylic acids is 1. The van der Waals surface area contributed by atoms with Crippen LogP contribution in [0.2, 0.25) is 4.31 Å². The van der Waals surface area contributed by atoms with Gasteiger partial charge in [-0.15, -0.1) is 0 Å². The van der Waals surface area contributed by atoms with Gasteiger partial charge in [0.1, 0.15) is 0 Å². The summed E-state index contributed by atoms with van der Waals surface area (Å²) in [7, 11) is 0. The molecule has 0 amide bonds. The molecule has 4 atom stereocenters. The first kappa shape index (κ1) is 13.2. The Bertz CT molecular complexity index is 473. The van der Waals surface area contributed by atoms with Gasteiger partial charge in [0.15, 0.2) is 0 Å². The van der Waals surface area contributed by atoms with Gasteiger partial charge in [0.2, 0.25) is 0 Å². The Labute approximate surface area is 121 Å². The first-order valence-corrected chi connectivity index (χ1v) is 8.76. The van der Waals surface area contributed by atoms with E-state index in [0.29, 0.717) is 11.8 Å². The molecule has 0 N–H and O–H groups in total. The molecular formula is C16H20O2Se. The van der Waals surface area contributed by atoms with Crippen molar-refractivity contribution in [1.82, 2.24) is 0 Å². The Morgan fingerprint density at radius 2 is 2.00 bits per heavy atom. The zero-order chi connectivity index (χ0) is 13.5. The van der Waals surface area contributed by atoms with Crippen molar-refractivity contribution in [3.63, 3.8) is 0 Å². The topological polar surface area (TPSA) is 26.3 Å². The standard InChI is InChI=1S/C16H20O2Se/c1-11-8-9-13-14(10-11)18-15(17)16(13,2)19-12-6-4-3-5-7-12/h3-7,11,13-14H,8-10H2,1-2H3/t11-,13-,14+,16+/m1/s1. The average Bonchev–Trinajstić information content (AvgIpc) is 2.62. The molecular weight excluding hydrogens is 303 g/mol. The number of benzene rings is 1. The van der Waals surface area contributed by atoms with Crippen molar-refractivity contribution in [1.29, 1.82) is 0 Å². The molecule has 1 saturated carbocycles. The second-order valence-corrected chi connectivity index (χ2v) is 9.19. The normalized spacial score (nSPS) is 37.8. The molecule has 3 heteroatoms. The molecule has 3 rings (SSSR count). The molecule has 1 aliphatic carbocycles. The van der Waals surface area contributed by atoms with Crippen LogP contribution in [0.4, 0.5) is 0 Å². The Morgan fingerprint density at radius 3 is 2.74 bits per heavy atom. The Kier molecular flexibility index (Phi) is 3.44. The monoisotopic (exact) mass is 324 g/mol. The average molecular weight is 323 g/mol. The van der Waals surface area contributed by atoms with Crippen molar-refractivity contribution in [2.75, 3.05) is 0 Å². The molecule has 19 heavy (non-hydrogen) atoms. The number of carbonyl (C=O) groups is 1. The van der Waals surface area contributed by atoms with Gasteiger partial charge < -0.3 is 0 Å². The van der Waals surface area contributed by atoms with Crippen molar-refractivity contribution in [2.24, 2.45) is 11.8 Å². The first-order chi connectivity index (χ1) is 9.09. The fourth-order valence-corrected chi connectivity index (χ4v) is 6.15. The molecule has 2 fully saturated rings. The van der Waals surface area contributed by atoms with Crippen molar-refractivity contribution in [2.45, 2.75) is 43.5 Å². The zero-order valence-electron chi connectivity index (χ0n) is 11.5. The van der Waals surface area contributed by atoms with Gasteiger partial charge in [-0.3, -0.25) is 0 Å². The van der Waals surface area contributed by atoms with Crippen molar-refractivity contribution in [3.8, 4) is 0 Å². The van der Waals surface area contributed by atoms with Crippen LogP contribution in [0.1, 0.15) is 33.1 Å². The number of ether oxygens (including phenoxy) is 1. The SMILES string of the molecule is C[C@@H]1CC[C@@H]2[C@H](C1)OC(=O)[C@@]2(C)[Se]c1ccccc1. The minimum absolute atomic E-state index is 0.0421. The zero-order valence-corrected chi connectivity index (χ0v) is 13.2. The van der Waals surface area contributed by atoms with Crippen LogP contribution in [0.15, 0.2) is 30.3 Å². The molecule has 1 aromatic rings. The molecule has 2 aliphatic rings. The summed E-state index contributed by atoms with van der Waals surface area (Å²) in [6.45, 7) is 4.39. The van der Waals surface area contributed by atoms with Crippen LogP contribution in [-0.4, -0.2) is 27.0 Å². The summed E-state index contributed by atoms with van der Waals surface area (Å²) in [5.74, 6) is 1.16. The second-order valence-electron chi connectivity index (χ2n) is 5.99. The first-order valence-electron chi connectivity index (χ1n) is 7.05. The Morgan fingerprint density at radius 1 is 1.26 bits per heavy atom. The molecule has 0 aromatic heterocycles. The van der Waals surface area contributed by atoms with Gasteiger partial charge in [0, 0.05) is 0 Å². The van der Waals surface area contributed by atoms with E-state index in [1.807, 2.05) is 6.07 Å². The van der Waals surface area contributed by atoms with Crippen molar-refractivity contribution < 1.29 is 9.53 Å². The van der Waals surface area contributed by atoms with E-state index < -0.39 is 0 Å². The van der Waals surface area contributed by atoms with Crippen LogP contribution in [0.3, 0.4) is 0 Å². The fraction of sp³-hybridized carbons (Fsp3) is 0.562. The summed E-state index contributed by atoms with van der Waals surface area (Å²) in [5, 5.41) is 0. The van der Waals surface area contributed by atoms with E-state index in [-0.39, 0.29) is 31.3 Å². The molecule has 0 radical (unpaired) electrons. The van der Waals surface area contributed by atoms with E-state index in [1.165, 1.54) is 10.9 Å². The van der Waals surface area contributed by atoms with Crippen molar-refractivity contribution >= 4 is 25.4 Å². The molecule has 102 valence electrons. The molecule has 1 aromatic carbocycles. The van der Waals surface area contributed by atoms with Crippen LogP contribution in [-0.2, 0) is 9.53 Å². The van der Waals surface area contributed by atoms with Gasteiger partial charge in [-0.05, 0) is 0 Å². The van der Waals surface area contributed by atoms with Gasteiger partial charge in [0.25, 0.3) is 0 Å². The van der Waals surface area contributed by atoms with Crippen LogP contribution in [0.25, 0.3) is 0 Å². The van der Waals surface area contributed by atoms with Crippen LogP contribution in [0.5, 0.6) is 0 Å². The van der Waals surface area contributed by atoms with Crippen LogP contribution in [0, 0.1) is 11.8 Å². The number of fused-ring (bicyclic) bond motifs is 1. The third-order valence-corrected chi connectivity index (χ3v) is 7.44. The van der Waals surface area contributed by atoms with E-state index in [1.54, 1.807) is 0 Å². The minimum atomic E-state index is -0.265. The third kappa shape index (κ3) is 2.34. The number of hydrogen-bond donors (Lipinski definition) is 0. The summed E-state index contributed by atoms with van der Waals surface area (Å²) < 4.78 is 6.74. The number of rotatable bonds is 2. The predicted molar refractivity (Wildman–Crippen MR) is 76.6 cm³/mol. The van der Waals surface area contributed by atoms with E-state index in [2.05, 4.69) is 38.1 Å². The number of hydrogen-bond acceptors (Lipinski definition) is 2.